The molecule has 0 fully saturated rings. The Morgan fingerprint density at radius 3 is 2.54 bits per heavy atom. The topological polar surface area (TPSA) is 108 Å². The van der Waals surface area contributed by atoms with Crippen molar-refractivity contribution in [3.05, 3.63) is 95.2 Å². The van der Waals surface area contributed by atoms with Crippen LogP contribution in [-0.2, 0) is 6.61 Å². The number of hydrogen-bond donors (Lipinski definition) is 3. The zero-order chi connectivity index (χ0) is 24.4. The molecular formula is C27H25N3O5. The van der Waals surface area contributed by atoms with Gasteiger partial charge in [0.15, 0.2) is 11.5 Å². The number of rotatable bonds is 8. The van der Waals surface area contributed by atoms with Crippen LogP contribution in [0.15, 0.2) is 72.8 Å². The summed E-state index contributed by atoms with van der Waals surface area (Å²) in [5.41, 5.74) is 3.79. The molecule has 1 aromatic heterocycles. The van der Waals surface area contributed by atoms with Crippen molar-refractivity contribution in [2.75, 3.05) is 20.3 Å². The molecule has 0 saturated carbocycles. The Morgan fingerprint density at radius 1 is 1.03 bits per heavy atom. The predicted octanol–water partition coefficient (Wildman–Crippen LogP) is 3.91. The van der Waals surface area contributed by atoms with Crippen molar-refractivity contribution >= 4 is 5.91 Å². The molecule has 8 heteroatoms. The number of nitrogens with one attached hydrogen (secondary N) is 1. The molecular weight excluding hydrogens is 446 g/mol. The number of carbonyl (C=O) groups is 1. The minimum absolute atomic E-state index is 0.0656. The molecule has 0 spiro atoms. The number of hydrogen-bond acceptors (Lipinski definition) is 6. The standard InChI is InChI=1S/C27H25N3O5/c1-34-22-15-18(11-12-21(22)35-16-17-7-3-2-4-8-17)26-23-24(19-9-5-6-10-20(19)32)28-29-25(23)27(33)30(26)13-14-31/h2-12,15,26,31-32H,13-14,16H2,1H3,(H,28,29)/t26-/m1/s1. The number of H-pyrrole nitrogens is 1. The molecule has 3 N–H and O–H groups in total. The summed E-state index contributed by atoms with van der Waals surface area (Å²) < 4.78 is 11.6. The van der Waals surface area contributed by atoms with Gasteiger partial charge in [-0.25, -0.2) is 0 Å². The van der Waals surface area contributed by atoms with Crippen LogP contribution in [0.4, 0.5) is 0 Å². The molecule has 178 valence electrons. The highest BCUT2D eigenvalue weighted by Crippen LogP contribution is 2.45. The fourth-order valence-electron chi connectivity index (χ4n) is 4.47. The molecule has 3 aromatic carbocycles. The van der Waals surface area contributed by atoms with Crippen LogP contribution in [0.2, 0.25) is 0 Å². The molecule has 0 aliphatic carbocycles. The van der Waals surface area contributed by atoms with E-state index in [2.05, 4.69) is 10.2 Å². The van der Waals surface area contributed by atoms with Crippen molar-refractivity contribution < 1.29 is 24.5 Å². The zero-order valence-corrected chi connectivity index (χ0v) is 19.1. The first-order valence-corrected chi connectivity index (χ1v) is 11.3. The average Bonchev–Trinajstić information content (AvgIpc) is 3.43. The molecule has 0 bridgehead atoms. The maximum Gasteiger partial charge on any atom is 0.273 e. The lowest BCUT2D eigenvalue weighted by molar-refractivity contribution is 0.0706. The number of phenolic OH excluding ortho intramolecular Hbond substituents is 1. The first-order valence-electron chi connectivity index (χ1n) is 11.3. The van der Waals surface area contributed by atoms with Gasteiger partial charge in [0.2, 0.25) is 0 Å². The second kappa shape index (κ2) is 9.52. The van der Waals surface area contributed by atoms with Crippen molar-refractivity contribution in [1.29, 1.82) is 0 Å². The lowest BCUT2D eigenvalue weighted by atomic mass is 9.95. The molecule has 1 aliphatic rings. The first kappa shape index (κ1) is 22.5. The Kier molecular flexibility index (Phi) is 6.12. The number of carbonyl (C=O) groups excluding carboxylic acids is 1. The van der Waals surface area contributed by atoms with Gasteiger partial charge in [-0.15, -0.1) is 0 Å². The Balaban J connectivity index is 1.55. The number of methoxy groups -OCH3 is 1. The fraction of sp³-hybridized carbons (Fsp3) is 0.185. The highest BCUT2D eigenvalue weighted by atomic mass is 16.5. The van der Waals surface area contributed by atoms with E-state index < -0.39 is 6.04 Å². The number of fused-ring (bicyclic) bond motifs is 1. The number of phenols is 1. The molecule has 8 nitrogen and oxygen atoms in total. The maximum absolute atomic E-state index is 13.2. The van der Waals surface area contributed by atoms with Gasteiger partial charge < -0.3 is 24.6 Å². The van der Waals surface area contributed by atoms with Crippen molar-refractivity contribution in [2.24, 2.45) is 0 Å². The molecule has 1 aliphatic heterocycles. The normalized spacial score (nSPS) is 14.7. The monoisotopic (exact) mass is 471 g/mol. The van der Waals surface area contributed by atoms with Gasteiger partial charge in [0, 0.05) is 17.7 Å². The minimum Gasteiger partial charge on any atom is -0.507 e. The molecule has 1 amide bonds. The fourth-order valence-corrected chi connectivity index (χ4v) is 4.47. The lowest BCUT2D eigenvalue weighted by Crippen LogP contribution is -2.32. The summed E-state index contributed by atoms with van der Waals surface area (Å²) in [6.07, 6.45) is 0. The first-order chi connectivity index (χ1) is 17.1. The molecule has 0 saturated heterocycles. The zero-order valence-electron chi connectivity index (χ0n) is 19.1. The van der Waals surface area contributed by atoms with Gasteiger partial charge in [-0.2, -0.15) is 5.10 Å². The van der Waals surface area contributed by atoms with Crippen LogP contribution in [-0.4, -0.2) is 51.5 Å². The number of ether oxygens (including phenoxy) is 2. The number of aliphatic hydroxyl groups is 1. The van der Waals surface area contributed by atoms with E-state index in [-0.39, 0.29) is 24.8 Å². The van der Waals surface area contributed by atoms with Crippen LogP contribution in [0, 0.1) is 0 Å². The molecule has 2 heterocycles. The van der Waals surface area contributed by atoms with E-state index in [9.17, 15) is 15.0 Å². The molecule has 35 heavy (non-hydrogen) atoms. The van der Waals surface area contributed by atoms with Gasteiger partial charge in [-0.3, -0.25) is 9.89 Å². The number of aromatic nitrogens is 2. The summed E-state index contributed by atoms with van der Waals surface area (Å²) >= 11 is 0. The number of nitrogens with zero attached hydrogens (tertiary/aromatic N) is 2. The van der Waals surface area contributed by atoms with Crippen LogP contribution in [0.1, 0.15) is 33.2 Å². The highest BCUT2D eigenvalue weighted by Gasteiger charge is 2.42. The van der Waals surface area contributed by atoms with Gasteiger partial charge in [-0.05, 0) is 35.4 Å². The summed E-state index contributed by atoms with van der Waals surface area (Å²) in [5, 5.41) is 27.3. The van der Waals surface area contributed by atoms with Crippen molar-refractivity contribution in [1.82, 2.24) is 15.1 Å². The maximum atomic E-state index is 13.2. The molecule has 0 radical (unpaired) electrons. The van der Waals surface area contributed by atoms with E-state index in [1.165, 1.54) is 0 Å². The second-order valence-electron chi connectivity index (χ2n) is 8.19. The highest BCUT2D eigenvalue weighted by molar-refractivity contribution is 6.00. The Hall–Kier alpha value is -4.30. The summed E-state index contributed by atoms with van der Waals surface area (Å²) in [5.74, 6) is 0.898. The van der Waals surface area contributed by atoms with E-state index in [0.29, 0.717) is 40.6 Å². The Bertz CT molecular complexity index is 1350. The number of aromatic hydroxyl groups is 1. The largest absolute Gasteiger partial charge is 0.507 e. The summed E-state index contributed by atoms with van der Waals surface area (Å²) in [4.78, 5) is 14.8. The van der Waals surface area contributed by atoms with Gasteiger partial charge >= 0.3 is 0 Å². The van der Waals surface area contributed by atoms with Crippen LogP contribution in [0.25, 0.3) is 11.3 Å². The summed E-state index contributed by atoms with van der Waals surface area (Å²) in [6.45, 7) is 0.334. The van der Waals surface area contributed by atoms with E-state index in [0.717, 1.165) is 11.1 Å². The second-order valence-corrected chi connectivity index (χ2v) is 8.19. The van der Waals surface area contributed by atoms with Crippen molar-refractivity contribution in [3.8, 4) is 28.5 Å². The average molecular weight is 472 g/mol. The Morgan fingerprint density at radius 2 is 1.80 bits per heavy atom. The van der Waals surface area contributed by atoms with Crippen LogP contribution >= 0.6 is 0 Å². The van der Waals surface area contributed by atoms with Crippen LogP contribution < -0.4 is 9.47 Å². The van der Waals surface area contributed by atoms with Crippen LogP contribution in [0.5, 0.6) is 17.2 Å². The van der Waals surface area contributed by atoms with E-state index in [1.54, 1.807) is 36.3 Å². The SMILES string of the molecule is COc1cc([C@@H]2c3c(-c4ccccc4O)n[nH]c3C(=O)N2CCO)ccc1OCc1ccccc1. The molecule has 5 rings (SSSR count). The van der Waals surface area contributed by atoms with Crippen LogP contribution in [0.3, 0.4) is 0 Å². The molecule has 1 atom stereocenters. The van der Waals surface area contributed by atoms with E-state index in [4.69, 9.17) is 9.47 Å². The quantitative estimate of drug-likeness (QED) is 0.360. The number of aromatic amines is 1. The summed E-state index contributed by atoms with van der Waals surface area (Å²) in [6, 6.07) is 21.7. The number of aliphatic hydroxyl groups excluding tert-OH is 1. The van der Waals surface area contributed by atoms with Gasteiger partial charge in [0.05, 0.1) is 19.8 Å². The Labute approximate surface area is 202 Å². The lowest BCUT2D eigenvalue weighted by Gasteiger charge is -2.26. The number of para-hydroxylation sites is 1. The third-order valence-corrected chi connectivity index (χ3v) is 6.10. The summed E-state index contributed by atoms with van der Waals surface area (Å²) in [7, 11) is 1.57. The third-order valence-electron chi connectivity index (χ3n) is 6.10. The van der Waals surface area contributed by atoms with Gasteiger partial charge in [0.25, 0.3) is 5.91 Å². The molecule has 0 unspecified atom stereocenters. The predicted molar refractivity (Wildman–Crippen MR) is 129 cm³/mol. The minimum atomic E-state index is -0.532. The number of amides is 1. The molecule has 4 aromatic rings. The number of β-amino-alcohol motifs (C(OH)–C–C–N with tert-alkyl or cyclic N) is 1. The van der Waals surface area contributed by atoms with Crippen molar-refractivity contribution in [3.63, 3.8) is 0 Å². The third kappa shape index (κ3) is 4.08. The van der Waals surface area contributed by atoms with Crippen molar-refractivity contribution in [2.45, 2.75) is 12.6 Å². The van der Waals surface area contributed by atoms with Gasteiger partial charge in [0.1, 0.15) is 23.7 Å². The number of benzene rings is 3. The van der Waals surface area contributed by atoms with E-state index >= 15 is 0 Å². The smallest absolute Gasteiger partial charge is 0.273 e. The van der Waals surface area contributed by atoms with Gasteiger partial charge in [-0.1, -0.05) is 48.5 Å². The van der Waals surface area contributed by atoms with E-state index in [1.807, 2.05) is 48.5 Å².